The number of carbonyl (C=O) groups is 1. The van der Waals surface area contributed by atoms with Gasteiger partial charge in [0.05, 0.1) is 5.25 Å². The maximum Gasteiger partial charge on any atom is 0.236 e. The molecule has 3 heteroatoms. The van der Waals surface area contributed by atoms with Gasteiger partial charge in [0.25, 0.3) is 0 Å². The Labute approximate surface area is 142 Å². The summed E-state index contributed by atoms with van der Waals surface area (Å²) in [5, 5.41) is -0.0534. The summed E-state index contributed by atoms with van der Waals surface area (Å²) in [6, 6.07) is 14.9. The molecule has 3 rings (SSSR count). The Kier molecular flexibility index (Phi) is 4.76. The van der Waals surface area contributed by atoms with Gasteiger partial charge < -0.3 is 4.90 Å². The predicted molar refractivity (Wildman–Crippen MR) is 96.8 cm³/mol. The van der Waals surface area contributed by atoms with E-state index >= 15 is 0 Å². The van der Waals surface area contributed by atoms with E-state index in [2.05, 4.69) is 56.3 Å². The smallest absolute Gasteiger partial charge is 0.236 e. The molecule has 120 valence electrons. The van der Waals surface area contributed by atoms with Gasteiger partial charge in [-0.2, -0.15) is 0 Å². The van der Waals surface area contributed by atoms with Crippen LogP contribution in [0.1, 0.15) is 29.2 Å². The van der Waals surface area contributed by atoms with Crippen molar-refractivity contribution in [1.29, 1.82) is 0 Å². The average Bonchev–Trinajstić information content (AvgIpc) is 2.57. The Morgan fingerprint density at radius 2 is 1.83 bits per heavy atom. The molecule has 2 aromatic carbocycles. The van der Waals surface area contributed by atoms with Gasteiger partial charge in [0, 0.05) is 18.0 Å². The van der Waals surface area contributed by atoms with Crippen molar-refractivity contribution in [3.8, 4) is 0 Å². The number of rotatable bonds is 3. The second-order valence-corrected chi connectivity index (χ2v) is 7.70. The third-order valence-electron chi connectivity index (χ3n) is 4.58. The lowest BCUT2D eigenvalue weighted by atomic mass is 10.00. The number of benzene rings is 2. The lowest BCUT2D eigenvalue weighted by Crippen LogP contribution is -2.40. The molecule has 0 bridgehead atoms. The number of nitrogens with zero attached hydrogens (tertiary/aromatic N) is 1. The zero-order valence-electron chi connectivity index (χ0n) is 14.0. The van der Waals surface area contributed by atoms with Gasteiger partial charge in [-0.3, -0.25) is 4.79 Å². The molecule has 0 aliphatic carbocycles. The van der Waals surface area contributed by atoms with Crippen molar-refractivity contribution < 1.29 is 4.79 Å². The van der Waals surface area contributed by atoms with E-state index in [1.165, 1.54) is 27.1 Å². The van der Waals surface area contributed by atoms with Crippen LogP contribution >= 0.6 is 11.8 Å². The van der Waals surface area contributed by atoms with Gasteiger partial charge in [-0.1, -0.05) is 30.3 Å². The maximum absolute atomic E-state index is 12.8. The highest BCUT2D eigenvalue weighted by Gasteiger charge is 2.25. The Morgan fingerprint density at radius 1 is 1.09 bits per heavy atom. The molecule has 0 unspecified atom stereocenters. The van der Waals surface area contributed by atoms with Crippen molar-refractivity contribution in [3.63, 3.8) is 0 Å². The summed E-state index contributed by atoms with van der Waals surface area (Å²) in [4.78, 5) is 15.9. The number of aryl methyl sites for hydroxylation is 2. The van der Waals surface area contributed by atoms with E-state index in [1.54, 1.807) is 11.8 Å². The molecule has 2 nitrogen and oxygen atoms in total. The molecule has 0 saturated carbocycles. The molecule has 0 spiro atoms. The summed E-state index contributed by atoms with van der Waals surface area (Å²) in [5.41, 5.74) is 5.24. The monoisotopic (exact) mass is 325 g/mol. The highest BCUT2D eigenvalue weighted by Crippen LogP contribution is 2.28. The van der Waals surface area contributed by atoms with Crippen molar-refractivity contribution in [3.05, 3.63) is 64.7 Å². The zero-order chi connectivity index (χ0) is 16.4. The van der Waals surface area contributed by atoms with E-state index in [4.69, 9.17) is 0 Å². The van der Waals surface area contributed by atoms with Crippen molar-refractivity contribution >= 4 is 17.7 Å². The van der Waals surface area contributed by atoms with Crippen molar-refractivity contribution in [2.45, 2.75) is 43.9 Å². The van der Waals surface area contributed by atoms with E-state index < -0.39 is 0 Å². The molecule has 0 N–H and O–H groups in total. The van der Waals surface area contributed by atoms with Crippen LogP contribution in [0.4, 0.5) is 0 Å². The highest BCUT2D eigenvalue weighted by molar-refractivity contribution is 8.00. The molecule has 2 aromatic rings. The van der Waals surface area contributed by atoms with Crippen LogP contribution in [0.3, 0.4) is 0 Å². The van der Waals surface area contributed by atoms with Crippen LogP contribution in [0.15, 0.2) is 47.4 Å². The standard InChI is InChI=1S/C20H23NOS/c1-14-8-9-19(12-15(14)2)23-16(3)20(22)21-11-10-17-6-4-5-7-18(17)13-21/h4-9,12,16H,10-11,13H2,1-3H3/t16-/m1/s1. The Bertz CT molecular complexity index is 725. The van der Waals surface area contributed by atoms with Crippen LogP contribution in [-0.4, -0.2) is 22.6 Å². The van der Waals surface area contributed by atoms with Crippen LogP contribution in [0.5, 0.6) is 0 Å². The molecule has 0 aromatic heterocycles. The lowest BCUT2D eigenvalue weighted by molar-refractivity contribution is -0.131. The first-order valence-corrected chi connectivity index (χ1v) is 9.02. The van der Waals surface area contributed by atoms with Gasteiger partial charge in [-0.15, -0.1) is 11.8 Å². The molecule has 1 aliphatic heterocycles. The summed E-state index contributed by atoms with van der Waals surface area (Å²) < 4.78 is 0. The minimum Gasteiger partial charge on any atom is -0.337 e. The third-order valence-corrected chi connectivity index (χ3v) is 5.66. The molecule has 23 heavy (non-hydrogen) atoms. The summed E-state index contributed by atoms with van der Waals surface area (Å²) >= 11 is 1.66. The van der Waals surface area contributed by atoms with Crippen LogP contribution in [0, 0.1) is 13.8 Å². The highest BCUT2D eigenvalue weighted by atomic mass is 32.2. The molecule has 1 aliphatic rings. The SMILES string of the molecule is Cc1ccc(S[C@H](C)C(=O)N2CCc3ccccc3C2)cc1C. The number of hydrogen-bond acceptors (Lipinski definition) is 2. The minimum atomic E-state index is -0.0534. The molecule has 0 saturated heterocycles. The fourth-order valence-electron chi connectivity index (χ4n) is 2.98. The van der Waals surface area contributed by atoms with E-state index in [1.807, 2.05) is 11.8 Å². The molecule has 1 heterocycles. The first-order valence-electron chi connectivity index (χ1n) is 8.14. The van der Waals surface area contributed by atoms with Crippen LogP contribution in [-0.2, 0) is 17.8 Å². The van der Waals surface area contributed by atoms with Gasteiger partial charge in [-0.25, -0.2) is 0 Å². The van der Waals surface area contributed by atoms with Crippen molar-refractivity contribution in [1.82, 2.24) is 4.90 Å². The quantitative estimate of drug-likeness (QED) is 0.781. The predicted octanol–water partition coefficient (Wildman–Crippen LogP) is 4.37. The van der Waals surface area contributed by atoms with Crippen LogP contribution in [0.25, 0.3) is 0 Å². The maximum atomic E-state index is 12.8. The number of amides is 1. The Morgan fingerprint density at radius 3 is 2.57 bits per heavy atom. The van der Waals surface area contributed by atoms with Crippen LogP contribution < -0.4 is 0 Å². The topological polar surface area (TPSA) is 20.3 Å². The van der Waals surface area contributed by atoms with Crippen LogP contribution in [0.2, 0.25) is 0 Å². The van der Waals surface area contributed by atoms with E-state index in [0.29, 0.717) is 0 Å². The largest absolute Gasteiger partial charge is 0.337 e. The Hall–Kier alpha value is -1.74. The van der Waals surface area contributed by atoms with Crippen molar-refractivity contribution in [2.24, 2.45) is 0 Å². The lowest BCUT2D eigenvalue weighted by Gasteiger charge is -2.30. The molecular weight excluding hydrogens is 302 g/mol. The summed E-state index contributed by atoms with van der Waals surface area (Å²) in [5.74, 6) is 0.239. The summed E-state index contributed by atoms with van der Waals surface area (Å²) in [6.45, 7) is 7.82. The number of carbonyl (C=O) groups excluding carboxylic acids is 1. The summed E-state index contributed by atoms with van der Waals surface area (Å²) in [6.07, 6.45) is 0.961. The number of thioether (sulfide) groups is 1. The van der Waals surface area contributed by atoms with Crippen molar-refractivity contribution in [2.75, 3.05) is 6.54 Å². The van der Waals surface area contributed by atoms with Gasteiger partial charge in [0.1, 0.15) is 0 Å². The normalized spacial score (nSPS) is 15.2. The van der Waals surface area contributed by atoms with Gasteiger partial charge in [0.15, 0.2) is 0 Å². The van der Waals surface area contributed by atoms with Gasteiger partial charge in [-0.05, 0) is 61.6 Å². The summed E-state index contributed by atoms with van der Waals surface area (Å²) in [7, 11) is 0. The molecule has 0 radical (unpaired) electrons. The molecule has 1 atom stereocenters. The third kappa shape index (κ3) is 3.61. The van der Waals surface area contributed by atoms with E-state index in [0.717, 1.165) is 19.5 Å². The number of fused-ring (bicyclic) bond motifs is 1. The van der Waals surface area contributed by atoms with Gasteiger partial charge in [0.2, 0.25) is 5.91 Å². The first kappa shape index (κ1) is 16.1. The molecular formula is C20H23NOS. The zero-order valence-corrected chi connectivity index (χ0v) is 14.8. The first-order chi connectivity index (χ1) is 11.0. The average molecular weight is 325 g/mol. The number of hydrogen-bond donors (Lipinski definition) is 0. The molecule has 0 fully saturated rings. The molecule has 1 amide bonds. The fraction of sp³-hybridized carbons (Fsp3) is 0.350. The van der Waals surface area contributed by atoms with E-state index in [-0.39, 0.29) is 11.2 Å². The minimum absolute atomic E-state index is 0.0534. The van der Waals surface area contributed by atoms with E-state index in [9.17, 15) is 4.79 Å². The fourth-order valence-corrected chi connectivity index (χ4v) is 4.03. The second kappa shape index (κ2) is 6.79. The second-order valence-electron chi connectivity index (χ2n) is 6.28. The Balaban J connectivity index is 1.67. The van der Waals surface area contributed by atoms with Gasteiger partial charge >= 0.3 is 0 Å².